The van der Waals surface area contributed by atoms with Gasteiger partial charge in [0.25, 0.3) is 5.56 Å². The third-order valence-electron chi connectivity index (χ3n) is 7.17. The molecule has 0 unspecified atom stereocenters. The maximum absolute atomic E-state index is 13.1. The highest BCUT2D eigenvalue weighted by molar-refractivity contribution is 7.99. The number of hydrogen-bond donors (Lipinski definition) is 1. The molecule has 4 rings (SSSR count). The predicted octanol–water partition coefficient (Wildman–Crippen LogP) is 3.69. The van der Waals surface area contributed by atoms with E-state index in [1.54, 1.807) is 4.57 Å². The monoisotopic (exact) mass is 486 g/mol. The first-order chi connectivity index (χ1) is 16.5. The maximum atomic E-state index is 13.1. The van der Waals surface area contributed by atoms with Crippen molar-refractivity contribution in [2.75, 3.05) is 38.6 Å². The van der Waals surface area contributed by atoms with E-state index in [1.165, 1.54) is 31.0 Å². The molecule has 2 fully saturated rings. The Bertz CT molecular complexity index is 1030. The summed E-state index contributed by atoms with van der Waals surface area (Å²) >= 11 is 1.36. The molecule has 7 nitrogen and oxygen atoms in total. The van der Waals surface area contributed by atoms with Crippen LogP contribution in [0.2, 0.25) is 0 Å². The van der Waals surface area contributed by atoms with Crippen molar-refractivity contribution in [2.24, 2.45) is 5.92 Å². The summed E-state index contributed by atoms with van der Waals surface area (Å²) in [5.74, 6) is 0.735. The molecule has 2 aromatic rings. The largest absolute Gasteiger partial charge is 0.379 e. The first-order valence-corrected chi connectivity index (χ1v) is 13.7. The molecule has 34 heavy (non-hydrogen) atoms. The minimum atomic E-state index is -0.0253. The van der Waals surface area contributed by atoms with Gasteiger partial charge in [0.05, 0.1) is 29.9 Å². The molecule has 1 aliphatic carbocycles. The van der Waals surface area contributed by atoms with Gasteiger partial charge in [0.2, 0.25) is 5.91 Å². The number of morpholine rings is 1. The second-order valence-electron chi connectivity index (χ2n) is 10.0. The van der Waals surface area contributed by atoms with E-state index < -0.39 is 0 Å². The van der Waals surface area contributed by atoms with Gasteiger partial charge in [0.15, 0.2) is 5.16 Å². The maximum Gasteiger partial charge on any atom is 0.262 e. The number of rotatable bonds is 9. The average Bonchev–Trinajstić information content (AvgIpc) is 2.87. The van der Waals surface area contributed by atoms with E-state index >= 15 is 0 Å². The Morgan fingerprint density at radius 1 is 1.18 bits per heavy atom. The zero-order valence-corrected chi connectivity index (χ0v) is 21.4. The van der Waals surface area contributed by atoms with E-state index in [9.17, 15) is 9.59 Å². The zero-order valence-electron chi connectivity index (χ0n) is 20.6. The SMILES string of the molecule is CC(C)CCn1c(SCC(=O)NCC2(N3CCOCC3)CCCCC2)nc2ccccc2c1=O. The van der Waals surface area contributed by atoms with Crippen molar-refractivity contribution in [3.63, 3.8) is 0 Å². The Kier molecular flexibility index (Phi) is 8.66. The molecule has 1 saturated carbocycles. The molecule has 2 heterocycles. The molecule has 1 amide bonds. The lowest BCUT2D eigenvalue weighted by Gasteiger charge is -2.48. The number of carbonyl (C=O) groups excluding carboxylic acids is 1. The fourth-order valence-electron chi connectivity index (χ4n) is 5.14. The van der Waals surface area contributed by atoms with Crippen LogP contribution in [0.5, 0.6) is 0 Å². The van der Waals surface area contributed by atoms with Crippen LogP contribution in [0.25, 0.3) is 10.9 Å². The van der Waals surface area contributed by atoms with Crippen molar-refractivity contribution in [1.82, 2.24) is 19.8 Å². The van der Waals surface area contributed by atoms with Crippen LogP contribution in [-0.4, -0.2) is 64.5 Å². The molecular formula is C26H38N4O3S. The van der Waals surface area contributed by atoms with Crippen molar-refractivity contribution >= 4 is 28.6 Å². The Labute approximate surface area is 206 Å². The molecule has 0 bridgehead atoms. The average molecular weight is 487 g/mol. The van der Waals surface area contributed by atoms with E-state index in [0.29, 0.717) is 35.1 Å². The molecule has 1 aromatic carbocycles. The third-order valence-corrected chi connectivity index (χ3v) is 8.15. The second kappa shape index (κ2) is 11.7. The number of hydrogen-bond acceptors (Lipinski definition) is 6. The number of fused-ring (bicyclic) bond motifs is 1. The molecule has 1 N–H and O–H groups in total. The zero-order chi connectivity index (χ0) is 24.0. The number of para-hydroxylation sites is 1. The Morgan fingerprint density at radius 3 is 2.65 bits per heavy atom. The fraction of sp³-hybridized carbons (Fsp3) is 0.654. The van der Waals surface area contributed by atoms with Crippen LogP contribution in [0, 0.1) is 5.92 Å². The lowest BCUT2D eigenvalue weighted by atomic mass is 9.79. The van der Waals surface area contributed by atoms with Gasteiger partial charge in [-0.15, -0.1) is 0 Å². The van der Waals surface area contributed by atoms with Gasteiger partial charge in [0, 0.05) is 31.7 Å². The van der Waals surface area contributed by atoms with E-state index in [1.807, 2.05) is 24.3 Å². The van der Waals surface area contributed by atoms with E-state index in [2.05, 4.69) is 24.1 Å². The van der Waals surface area contributed by atoms with Crippen molar-refractivity contribution in [1.29, 1.82) is 0 Å². The molecule has 186 valence electrons. The third kappa shape index (κ3) is 6.01. The number of aromatic nitrogens is 2. The molecule has 0 atom stereocenters. The highest BCUT2D eigenvalue weighted by Gasteiger charge is 2.38. The molecule has 8 heteroatoms. The van der Waals surface area contributed by atoms with Gasteiger partial charge in [-0.1, -0.05) is 57.0 Å². The fourth-order valence-corrected chi connectivity index (χ4v) is 5.99. The van der Waals surface area contributed by atoms with Gasteiger partial charge in [-0.2, -0.15) is 0 Å². The van der Waals surface area contributed by atoms with Crippen LogP contribution >= 0.6 is 11.8 Å². The highest BCUT2D eigenvalue weighted by Crippen LogP contribution is 2.34. The first kappa shape index (κ1) is 25.2. The van der Waals surface area contributed by atoms with Crippen LogP contribution < -0.4 is 10.9 Å². The normalized spacial score (nSPS) is 18.9. The van der Waals surface area contributed by atoms with Crippen LogP contribution in [0.4, 0.5) is 0 Å². The number of nitrogens with one attached hydrogen (secondary N) is 1. The predicted molar refractivity (Wildman–Crippen MR) is 137 cm³/mol. The summed E-state index contributed by atoms with van der Waals surface area (Å²) in [6.45, 7) is 9.00. The summed E-state index contributed by atoms with van der Waals surface area (Å²) in [7, 11) is 0. The van der Waals surface area contributed by atoms with Crippen molar-refractivity contribution in [3.05, 3.63) is 34.6 Å². The van der Waals surface area contributed by atoms with E-state index in [0.717, 1.165) is 45.6 Å². The number of ether oxygens (including phenoxy) is 1. The molecule has 1 aromatic heterocycles. The summed E-state index contributed by atoms with van der Waals surface area (Å²) in [5, 5.41) is 4.48. The van der Waals surface area contributed by atoms with Gasteiger partial charge in [-0.3, -0.25) is 19.1 Å². The van der Waals surface area contributed by atoms with Gasteiger partial charge < -0.3 is 10.1 Å². The Morgan fingerprint density at radius 2 is 1.91 bits per heavy atom. The number of thioether (sulfide) groups is 1. The highest BCUT2D eigenvalue weighted by atomic mass is 32.2. The number of nitrogens with zero attached hydrogens (tertiary/aromatic N) is 3. The first-order valence-electron chi connectivity index (χ1n) is 12.7. The summed E-state index contributed by atoms with van der Waals surface area (Å²) in [5.41, 5.74) is 0.704. The Balaban J connectivity index is 1.44. The summed E-state index contributed by atoms with van der Waals surface area (Å²) in [6, 6.07) is 7.45. The van der Waals surface area contributed by atoms with Crippen molar-refractivity contribution in [2.45, 2.75) is 69.6 Å². The summed E-state index contributed by atoms with van der Waals surface area (Å²) < 4.78 is 7.31. The lowest BCUT2D eigenvalue weighted by molar-refractivity contribution is -0.119. The number of benzene rings is 1. The van der Waals surface area contributed by atoms with E-state index in [4.69, 9.17) is 9.72 Å². The molecule has 2 aliphatic rings. The molecule has 0 spiro atoms. The molecule has 0 radical (unpaired) electrons. The minimum absolute atomic E-state index is 0.000949. The standard InChI is InChI=1S/C26H38N4O3S/c1-20(2)10-13-30-24(32)21-8-4-5-9-22(21)28-25(30)34-18-23(31)27-19-26(11-6-3-7-12-26)29-14-16-33-17-15-29/h4-5,8-9,20H,3,6-7,10-19H2,1-2H3,(H,27,31). The summed E-state index contributed by atoms with van der Waals surface area (Å²) in [4.78, 5) is 33.4. The second-order valence-corrected chi connectivity index (χ2v) is 10.9. The van der Waals surface area contributed by atoms with Crippen LogP contribution in [0.15, 0.2) is 34.2 Å². The number of carbonyl (C=O) groups is 1. The van der Waals surface area contributed by atoms with Gasteiger partial charge >= 0.3 is 0 Å². The van der Waals surface area contributed by atoms with Gasteiger partial charge in [-0.25, -0.2) is 4.98 Å². The van der Waals surface area contributed by atoms with Crippen LogP contribution in [-0.2, 0) is 16.1 Å². The van der Waals surface area contributed by atoms with Gasteiger partial charge in [0.1, 0.15) is 0 Å². The minimum Gasteiger partial charge on any atom is -0.379 e. The number of amides is 1. The quantitative estimate of drug-likeness (QED) is 0.430. The smallest absolute Gasteiger partial charge is 0.262 e. The Hall–Kier alpha value is -1.90. The lowest BCUT2D eigenvalue weighted by Crippen LogP contribution is -2.59. The van der Waals surface area contributed by atoms with Crippen molar-refractivity contribution < 1.29 is 9.53 Å². The van der Waals surface area contributed by atoms with Crippen molar-refractivity contribution in [3.8, 4) is 0 Å². The topological polar surface area (TPSA) is 76.5 Å². The molecule has 1 saturated heterocycles. The molecule has 1 aliphatic heterocycles. The summed E-state index contributed by atoms with van der Waals surface area (Å²) in [6.07, 6.45) is 6.85. The van der Waals surface area contributed by atoms with Crippen LogP contribution in [0.3, 0.4) is 0 Å². The molecular weight excluding hydrogens is 448 g/mol. The van der Waals surface area contributed by atoms with Gasteiger partial charge in [-0.05, 0) is 37.3 Å². The van der Waals surface area contributed by atoms with E-state index in [-0.39, 0.29) is 22.8 Å². The van der Waals surface area contributed by atoms with Crippen LogP contribution in [0.1, 0.15) is 52.4 Å².